The number of rotatable bonds is 3. The predicted octanol–water partition coefficient (Wildman–Crippen LogP) is 3.23. The fourth-order valence-corrected chi connectivity index (χ4v) is 5.30. The first-order chi connectivity index (χ1) is 11.5. The van der Waals surface area contributed by atoms with E-state index in [9.17, 15) is 0 Å². The van der Waals surface area contributed by atoms with Crippen LogP contribution in [0.3, 0.4) is 0 Å². The second kappa shape index (κ2) is 5.96. The summed E-state index contributed by atoms with van der Waals surface area (Å²) in [6, 6.07) is 0. The lowest BCUT2D eigenvalue weighted by Crippen LogP contribution is -2.70. The Bertz CT molecular complexity index is 530. The van der Waals surface area contributed by atoms with Crippen LogP contribution < -0.4 is 0 Å². The largest absolute Gasteiger partial charge is 0.351 e. The molecular weight excluding hydrogens is 308 g/mol. The smallest absolute Gasteiger partial charge is 0.201 e. The molecule has 8 atom stereocenters. The molecule has 1 spiro atoms. The average molecular weight is 336 g/mol. The molecule has 5 aliphatic rings. The van der Waals surface area contributed by atoms with Crippen molar-refractivity contribution in [2.45, 2.75) is 76.8 Å². The Hall–Kier alpha value is -0.640. The quantitative estimate of drug-likeness (QED) is 0.450. The summed E-state index contributed by atoms with van der Waals surface area (Å²) < 4.78 is 18.5. The molecule has 2 bridgehead atoms. The standard InChI is InChI=1S/C19H28O5/c1-5-6-11-20-16-13(3)15-8-7-12(2)14-9-10-18(4)22-17(21-16)19(14,15)24-23-18/h1,12-17H,6-11H2,2-4H3/t12-,13-,14+,15+,16-,17-,18-,19-/m1/s1. The normalized spacial score (nSPS) is 53.1. The summed E-state index contributed by atoms with van der Waals surface area (Å²) in [7, 11) is 0. The van der Waals surface area contributed by atoms with Crippen molar-refractivity contribution >= 4 is 0 Å². The Morgan fingerprint density at radius 2 is 2.00 bits per heavy atom. The molecule has 0 aromatic rings. The second-order valence-electron chi connectivity index (χ2n) is 8.10. The van der Waals surface area contributed by atoms with Crippen LogP contribution in [0.5, 0.6) is 0 Å². The van der Waals surface area contributed by atoms with Gasteiger partial charge in [0.05, 0.1) is 6.61 Å². The molecule has 5 heteroatoms. The molecule has 0 unspecified atom stereocenters. The highest BCUT2D eigenvalue weighted by molar-refractivity contribution is 5.09. The van der Waals surface area contributed by atoms with E-state index in [1.165, 1.54) is 6.42 Å². The van der Waals surface area contributed by atoms with Gasteiger partial charge in [-0.1, -0.05) is 13.8 Å². The van der Waals surface area contributed by atoms with Gasteiger partial charge in [0.1, 0.15) is 0 Å². The Morgan fingerprint density at radius 1 is 1.17 bits per heavy atom. The van der Waals surface area contributed by atoms with E-state index < -0.39 is 17.7 Å². The van der Waals surface area contributed by atoms with E-state index in [0.717, 1.165) is 19.3 Å². The van der Waals surface area contributed by atoms with Crippen LogP contribution in [0.25, 0.3) is 0 Å². The van der Waals surface area contributed by atoms with E-state index in [4.69, 9.17) is 30.4 Å². The Labute approximate surface area is 144 Å². The molecule has 4 saturated heterocycles. The Kier molecular flexibility index (Phi) is 4.18. The molecule has 1 saturated carbocycles. The van der Waals surface area contributed by atoms with Crippen molar-refractivity contribution in [3.8, 4) is 12.3 Å². The predicted molar refractivity (Wildman–Crippen MR) is 86.2 cm³/mol. The lowest BCUT2D eigenvalue weighted by Gasteiger charge is -2.60. The van der Waals surface area contributed by atoms with Crippen molar-refractivity contribution in [1.82, 2.24) is 0 Å². The van der Waals surface area contributed by atoms with E-state index in [1.54, 1.807) is 0 Å². The number of hydrogen-bond donors (Lipinski definition) is 0. The maximum atomic E-state index is 6.29. The van der Waals surface area contributed by atoms with Gasteiger partial charge >= 0.3 is 0 Å². The minimum Gasteiger partial charge on any atom is -0.351 e. The van der Waals surface area contributed by atoms with Gasteiger partial charge in [-0.25, -0.2) is 9.78 Å². The van der Waals surface area contributed by atoms with Crippen molar-refractivity contribution in [2.24, 2.45) is 23.7 Å². The van der Waals surface area contributed by atoms with Crippen LogP contribution in [0, 0.1) is 36.0 Å². The van der Waals surface area contributed by atoms with Gasteiger partial charge in [-0.2, -0.15) is 0 Å². The molecule has 5 rings (SSSR count). The van der Waals surface area contributed by atoms with Gasteiger partial charge in [0, 0.05) is 24.7 Å². The first-order valence-corrected chi connectivity index (χ1v) is 9.25. The van der Waals surface area contributed by atoms with Gasteiger partial charge < -0.3 is 14.2 Å². The van der Waals surface area contributed by atoms with Crippen molar-refractivity contribution in [1.29, 1.82) is 0 Å². The van der Waals surface area contributed by atoms with Crippen LogP contribution in [0.1, 0.15) is 52.9 Å². The highest BCUT2D eigenvalue weighted by Crippen LogP contribution is 2.60. The van der Waals surface area contributed by atoms with E-state index in [-0.39, 0.29) is 12.2 Å². The van der Waals surface area contributed by atoms with Crippen molar-refractivity contribution in [3.63, 3.8) is 0 Å². The molecule has 134 valence electrons. The molecule has 1 aliphatic carbocycles. The topological polar surface area (TPSA) is 46.2 Å². The summed E-state index contributed by atoms with van der Waals surface area (Å²) in [5.41, 5.74) is -0.515. The lowest BCUT2D eigenvalue weighted by molar-refractivity contribution is -0.577. The molecular formula is C19H28O5. The molecule has 24 heavy (non-hydrogen) atoms. The Balaban J connectivity index is 1.66. The first-order valence-electron chi connectivity index (χ1n) is 9.25. The highest BCUT2D eigenvalue weighted by atomic mass is 17.3. The SMILES string of the molecule is C#CCCO[C@@H]1O[C@@H]2O[C@@]3(C)CC[C@H]4[C@H](C)CC[C@@H]([C@H]1C)[C@@]24OO3. The summed E-state index contributed by atoms with van der Waals surface area (Å²) in [5.74, 6) is 3.36. The van der Waals surface area contributed by atoms with Crippen LogP contribution in [0.15, 0.2) is 0 Å². The van der Waals surface area contributed by atoms with Gasteiger partial charge in [-0.3, -0.25) is 0 Å². The summed E-state index contributed by atoms with van der Waals surface area (Å²) >= 11 is 0. The molecule has 0 aromatic heterocycles. The molecule has 0 radical (unpaired) electrons. The molecule has 0 aromatic carbocycles. The monoisotopic (exact) mass is 336 g/mol. The molecule has 4 aliphatic heterocycles. The lowest BCUT2D eigenvalue weighted by atomic mass is 9.58. The highest BCUT2D eigenvalue weighted by Gasteiger charge is 2.69. The first kappa shape index (κ1) is 16.8. The number of ether oxygens (including phenoxy) is 3. The van der Waals surface area contributed by atoms with Crippen LogP contribution in [0.2, 0.25) is 0 Å². The third-order valence-corrected chi connectivity index (χ3v) is 6.63. The van der Waals surface area contributed by atoms with Gasteiger partial charge in [-0.05, 0) is 38.0 Å². The summed E-state index contributed by atoms with van der Waals surface area (Å²) in [6.45, 7) is 6.95. The van der Waals surface area contributed by atoms with Gasteiger partial charge in [-0.15, -0.1) is 12.3 Å². The molecule has 5 fully saturated rings. The summed E-state index contributed by atoms with van der Waals surface area (Å²) in [4.78, 5) is 11.9. The van der Waals surface area contributed by atoms with Crippen LogP contribution in [-0.4, -0.2) is 30.6 Å². The minimum absolute atomic E-state index is 0.212. The fraction of sp³-hybridized carbons (Fsp3) is 0.895. The van der Waals surface area contributed by atoms with Crippen LogP contribution >= 0.6 is 0 Å². The van der Waals surface area contributed by atoms with E-state index in [1.807, 2.05) is 6.92 Å². The van der Waals surface area contributed by atoms with E-state index >= 15 is 0 Å². The summed E-state index contributed by atoms with van der Waals surface area (Å²) in [5, 5.41) is 0. The van der Waals surface area contributed by atoms with Crippen LogP contribution in [0.4, 0.5) is 0 Å². The molecule has 0 N–H and O–H groups in total. The molecule has 0 amide bonds. The van der Waals surface area contributed by atoms with E-state index in [2.05, 4.69) is 19.8 Å². The van der Waals surface area contributed by atoms with Crippen LogP contribution in [-0.2, 0) is 24.0 Å². The average Bonchev–Trinajstić information content (AvgIpc) is 2.78. The van der Waals surface area contributed by atoms with Crippen molar-refractivity contribution in [2.75, 3.05) is 6.61 Å². The summed E-state index contributed by atoms with van der Waals surface area (Å²) in [6.07, 6.45) is 9.33. The van der Waals surface area contributed by atoms with E-state index in [0.29, 0.717) is 30.8 Å². The third kappa shape index (κ3) is 2.35. The van der Waals surface area contributed by atoms with Crippen molar-refractivity contribution < 1.29 is 24.0 Å². The number of terminal acetylenes is 1. The zero-order valence-electron chi connectivity index (χ0n) is 14.8. The van der Waals surface area contributed by atoms with Gasteiger partial charge in [0.2, 0.25) is 5.79 Å². The maximum Gasteiger partial charge on any atom is 0.201 e. The number of hydrogen-bond acceptors (Lipinski definition) is 5. The minimum atomic E-state index is -0.735. The Morgan fingerprint density at radius 3 is 2.79 bits per heavy atom. The maximum absolute atomic E-state index is 6.29. The van der Waals surface area contributed by atoms with Crippen molar-refractivity contribution in [3.05, 3.63) is 0 Å². The second-order valence-corrected chi connectivity index (χ2v) is 8.10. The zero-order valence-corrected chi connectivity index (χ0v) is 14.8. The number of fused-ring (bicyclic) bond motifs is 2. The van der Waals surface area contributed by atoms with Gasteiger partial charge in [0.25, 0.3) is 0 Å². The fourth-order valence-electron chi connectivity index (χ4n) is 5.30. The molecule has 4 heterocycles. The molecule has 5 nitrogen and oxygen atoms in total. The zero-order chi connectivity index (χ0) is 16.9. The third-order valence-electron chi connectivity index (χ3n) is 6.63. The van der Waals surface area contributed by atoms with Gasteiger partial charge in [0.15, 0.2) is 18.2 Å².